The molecule has 1 atom stereocenters. The van der Waals surface area contributed by atoms with Gasteiger partial charge in [-0.15, -0.1) is 0 Å². The van der Waals surface area contributed by atoms with E-state index >= 15 is 0 Å². The molecule has 0 fully saturated rings. The molecule has 6 N–H and O–H groups in total. The average molecular weight is 394 g/mol. The second-order valence-electron chi connectivity index (χ2n) is 6.44. The Morgan fingerprint density at radius 3 is 2.62 bits per heavy atom. The second-order valence-corrected chi connectivity index (χ2v) is 6.44. The van der Waals surface area contributed by atoms with Gasteiger partial charge >= 0.3 is 0 Å². The minimum atomic E-state index is -0.469. The van der Waals surface area contributed by atoms with Gasteiger partial charge in [0.15, 0.2) is 17.0 Å². The number of carbonyl (C=O) groups is 2. The van der Waals surface area contributed by atoms with Gasteiger partial charge < -0.3 is 26.9 Å². The summed E-state index contributed by atoms with van der Waals surface area (Å²) >= 11 is 0. The van der Waals surface area contributed by atoms with Crippen LogP contribution in [-0.4, -0.2) is 38.2 Å². The number of hydrogen-bond donors (Lipinski definition) is 4. The first-order valence-corrected chi connectivity index (χ1v) is 9.15. The largest absolute Gasteiger partial charge is 0.382 e. The lowest BCUT2D eigenvalue weighted by Crippen LogP contribution is -2.35. The number of aromatic nitrogens is 4. The molecule has 0 bridgehead atoms. The molecule has 0 aliphatic rings. The SMILES string of the molecule is CCCC(C=O)NC(=O)c1ccc(NCc2cnc3nc(N)nc(N)c3n2)cc1. The summed E-state index contributed by atoms with van der Waals surface area (Å²) in [5.41, 5.74) is 14.0. The normalized spacial score (nSPS) is 11.8. The zero-order valence-electron chi connectivity index (χ0n) is 15.9. The monoisotopic (exact) mass is 394 g/mol. The van der Waals surface area contributed by atoms with Gasteiger partial charge in [0.05, 0.1) is 24.5 Å². The number of rotatable bonds is 8. The molecule has 29 heavy (non-hydrogen) atoms. The number of aldehydes is 1. The Balaban J connectivity index is 1.63. The summed E-state index contributed by atoms with van der Waals surface area (Å²) in [5.74, 6) is -0.0559. The van der Waals surface area contributed by atoms with Crippen LogP contribution in [0.1, 0.15) is 35.8 Å². The van der Waals surface area contributed by atoms with E-state index in [1.807, 2.05) is 6.92 Å². The van der Waals surface area contributed by atoms with E-state index in [2.05, 4.69) is 30.6 Å². The fourth-order valence-electron chi connectivity index (χ4n) is 2.74. The van der Waals surface area contributed by atoms with E-state index in [0.717, 1.165) is 18.4 Å². The number of benzene rings is 1. The van der Waals surface area contributed by atoms with Crippen LogP contribution in [-0.2, 0) is 11.3 Å². The molecule has 150 valence electrons. The summed E-state index contributed by atoms with van der Waals surface area (Å²) < 4.78 is 0. The Morgan fingerprint density at radius 1 is 1.17 bits per heavy atom. The molecule has 2 aromatic heterocycles. The standard InChI is InChI=1S/C19H22N8O2/c1-2-3-13(10-28)25-18(29)11-4-6-12(7-5-11)22-8-14-9-23-17-15(24-14)16(20)26-19(21)27-17/h4-7,9-10,13,22H,2-3,8H2,1H3,(H,25,29)(H4,20,21,23,26,27). The van der Waals surface area contributed by atoms with E-state index in [9.17, 15) is 9.59 Å². The molecule has 10 nitrogen and oxygen atoms in total. The van der Waals surface area contributed by atoms with Crippen molar-refractivity contribution in [2.75, 3.05) is 16.8 Å². The van der Waals surface area contributed by atoms with Crippen molar-refractivity contribution >= 4 is 40.8 Å². The molecule has 0 aliphatic heterocycles. The van der Waals surface area contributed by atoms with Crippen LogP contribution < -0.4 is 22.1 Å². The van der Waals surface area contributed by atoms with Crippen LogP contribution in [0.4, 0.5) is 17.5 Å². The van der Waals surface area contributed by atoms with E-state index < -0.39 is 6.04 Å². The van der Waals surface area contributed by atoms with Gasteiger partial charge in [-0.3, -0.25) is 4.79 Å². The zero-order valence-corrected chi connectivity index (χ0v) is 15.9. The van der Waals surface area contributed by atoms with Crippen LogP contribution in [0.3, 0.4) is 0 Å². The van der Waals surface area contributed by atoms with Gasteiger partial charge in [-0.1, -0.05) is 13.3 Å². The summed E-state index contributed by atoms with van der Waals surface area (Å²) in [5, 5.41) is 5.91. The first-order chi connectivity index (χ1) is 14.0. The number of fused-ring (bicyclic) bond motifs is 1. The fraction of sp³-hybridized carbons (Fsp3) is 0.263. The predicted octanol–water partition coefficient (Wildman–Crippen LogP) is 1.29. The molecular formula is C19H22N8O2. The molecule has 0 radical (unpaired) electrons. The van der Waals surface area contributed by atoms with E-state index in [1.165, 1.54) is 0 Å². The molecule has 1 unspecified atom stereocenters. The van der Waals surface area contributed by atoms with Crippen molar-refractivity contribution in [3.8, 4) is 0 Å². The van der Waals surface area contributed by atoms with E-state index in [4.69, 9.17) is 11.5 Å². The van der Waals surface area contributed by atoms with Gasteiger partial charge in [0, 0.05) is 11.3 Å². The van der Waals surface area contributed by atoms with E-state index in [1.54, 1.807) is 30.5 Å². The summed E-state index contributed by atoms with van der Waals surface area (Å²) in [6, 6.07) is 6.45. The number of nitrogen functional groups attached to an aromatic ring is 2. The number of nitrogens with two attached hydrogens (primary N) is 2. The number of amides is 1. The highest BCUT2D eigenvalue weighted by Crippen LogP contribution is 2.16. The first kappa shape index (κ1) is 19.9. The third-order valence-corrected chi connectivity index (χ3v) is 4.20. The van der Waals surface area contributed by atoms with Crippen LogP contribution in [0, 0.1) is 0 Å². The van der Waals surface area contributed by atoms with Crippen LogP contribution >= 0.6 is 0 Å². The van der Waals surface area contributed by atoms with E-state index in [0.29, 0.717) is 35.4 Å². The molecule has 2 heterocycles. The number of nitrogens with zero attached hydrogens (tertiary/aromatic N) is 4. The van der Waals surface area contributed by atoms with Crippen LogP contribution in [0.5, 0.6) is 0 Å². The lowest BCUT2D eigenvalue weighted by molar-refractivity contribution is -0.109. The molecule has 1 amide bonds. The van der Waals surface area contributed by atoms with E-state index in [-0.39, 0.29) is 17.7 Å². The minimum Gasteiger partial charge on any atom is -0.382 e. The summed E-state index contributed by atoms with van der Waals surface area (Å²) in [6.07, 6.45) is 3.77. The number of anilines is 3. The zero-order chi connectivity index (χ0) is 20.8. The van der Waals surface area contributed by atoms with Gasteiger partial charge in [-0.25, -0.2) is 9.97 Å². The number of nitrogens with one attached hydrogen (secondary N) is 2. The van der Waals surface area contributed by atoms with Crippen molar-refractivity contribution in [3.05, 3.63) is 41.7 Å². The van der Waals surface area contributed by atoms with Crippen molar-refractivity contribution in [1.29, 1.82) is 0 Å². The maximum absolute atomic E-state index is 12.2. The van der Waals surface area contributed by atoms with Crippen molar-refractivity contribution < 1.29 is 9.59 Å². The van der Waals surface area contributed by atoms with Crippen LogP contribution in [0.2, 0.25) is 0 Å². The van der Waals surface area contributed by atoms with Gasteiger partial charge in [0.25, 0.3) is 5.91 Å². The Kier molecular flexibility index (Phi) is 6.12. The lowest BCUT2D eigenvalue weighted by Gasteiger charge is -2.12. The highest BCUT2D eigenvalue weighted by atomic mass is 16.2. The maximum atomic E-state index is 12.2. The van der Waals surface area contributed by atoms with Crippen molar-refractivity contribution in [3.63, 3.8) is 0 Å². The Bertz CT molecular complexity index is 1020. The average Bonchev–Trinajstić information content (AvgIpc) is 2.72. The topological polar surface area (TPSA) is 162 Å². The predicted molar refractivity (Wildman–Crippen MR) is 110 cm³/mol. The van der Waals surface area contributed by atoms with Gasteiger partial charge in [-0.2, -0.15) is 9.97 Å². The smallest absolute Gasteiger partial charge is 0.251 e. The van der Waals surface area contributed by atoms with Crippen molar-refractivity contribution in [1.82, 2.24) is 25.3 Å². The molecule has 0 aliphatic carbocycles. The molecular weight excluding hydrogens is 372 g/mol. The highest BCUT2D eigenvalue weighted by Gasteiger charge is 2.12. The number of carbonyl (C=O) groups excluding carboxylic acids is 2. The Labute approximate surface area is 167 Å². The minimum absolute atomic E-state index is 0.0495. The van der Waals surface area contributed by atoms with Gasteiger partial charge in [0.1, 0.15) is 6.29 Å². The van der Waals surface area contributed by atoms with Crippen molar-refractivity contribution in [2.45, 2.75) is 32.4 Å². The fourth-order valence-corrected chi connectivity index (χ4v) is 2.74. The molecule has 3 rings (SSSR count). The molecule has 0 saturated carbocycles. The molecule has 3 aromatic rings. The van der Waals surface area contributed by atoms with Crippen LogP contribution in [0.25, 0.3) is 11.2 Å². The second kappa shape index (κ2) is 8.91. The quantitative estimate of drug-likeness (QED) is 0.412. The first-order valence-electron chi connectivity index (χ1n) is 9.15. The Hall–Kier alpha value is -3.82. The Morgan fingerprint density at radius 2 is 1.93 bits per heavy atom. The van der Waals surface area contributed by atoms with Crippen LogP contribution in [0.15, 0.2) is 30.5 Å². The molecule has 0 saturated heterocycles. The number of hydrogen-bond acceptors (Lipinski definition) is 9. The third-order valence-electron chi connectivity index (χ3n) is 4.20. The van der Waals surface area contributed by atoms with Gasteiger partial charge in [0.2, 0.25) is 5.95 Å². The lowest BCUT2D eigenvalue weighted by atomic mass is 10.1. The molecule has 1 aromatic carbocycles. The summed E-state index contributed by atoms with van der Waals surface area (Å²) in [6.45, 7) is 2.35. The summed E-state index contributed by atoms with van der Waals surface area (Å²) in [7, 11) is 0. The maximum Gasteiger partial charge on any atom is 0.251 e. The molecule has 0 spiro atoms. The summed E-state index contributed by atoms with van der Waals surface area (Å²) in [4.78, 5) is 39.7. The molecule has 10 heteroatoms. The van der Waals surface area contributed by atoms with Gasteiger partial charge in [-0.05, 0) is 30.7 Å². The van der Waals surface area contributed by atoms with Crippen molar-refractivity contribution in [2.24, 2.45) is 0 Å². The third kappa shape index (κ3) is 4.92. The highest BCUT2D eigenvalue weighted by molar-refractivity contribution is 5.95.